The number of anilines is 1. The first-order chi connectivity index (χ1) is 14.2. The zero-order valence-corrected chi connectivity index (χ0v) is 16.7. The Morgan fingerprint density at radius 3 is 2.62 bits per heavy atom. The molecule has 0 atom stereocenters. The molecule has 0 saturated heterocycles. The molecule has 1 amide bonds. The number of hydrogen-bond acceptors (Lipinski definition) is 6. The van der Waals surface area contributed by atoms with Crippen molar-refractivity contribution in [2.24, 2.45) is 0 Å². The molecule has 0 spiro atoms. The Hall–Kier alpha value is -3.39. The number of fused-ring (bicyclic) bond motifs is 1. The number of amides is 1. The van der Waals surface area contributed by atoms with Crippen LogP contribution in [0.15, 0.2) is 67.0 Å². The van der Waals surface area contributed by atoms with Crippen molar-refractivity contribution in [3.05, 3.63) is 67.0 Å². The molecule has 7 nitrogen and oxygen atoms in total. The third kappa shape index (κ3) is 4.55. The number of carbonyl (C=O) groups is 1. The molecule has 0 aliphatic carbocycles. The van der Waals surface area contributed by atoms with Gasteiger partial charge in [-0.15, -0.1) is 0 Å². The molecular formula is C21H20N4O3S. The van der Waals surface area contributed by atoms with Crippen LogP contribution < -0.4 is 14.4 Å². The molecule has 0 saturated carbocycles. The highest BCUT2D eigenvalue weighted by atomic mass is 32.1. The standard InChI is InChI=1S/C21H20N4O3S/c1-27-16-7-9-17(10-8-16)28-15-20(26)25(14-13-24-12-4-11-22-24)21-23-18-5-2-3-6-19(18)29-21/h2-12H,13-15H2,1H3. The van der Waals surface area contributed by atoms with E-state index in [0.717, 1.165) is 16.0 Å². The highest BCUT2D eigenvalue weighted by Gasteiger charge is 2.20. The molecule has 0 fully saturated rings. The second-order valence-electron chi connectivity index (χ2n) is 6.24. The van der Waals surface area contributed by atoms with E-state index in [0.29, 0.717) is 24.0 Å². The minimum atomic E-state index is -0.160. The van der Waals surface area contributed by atoms with Gasteiger partial charge < -0.3 is 9.47 Å². The van der Waals surface area contributed by atoms with Crippen LogP contribution in [0.4, 0.5) is 5.13 Å². The lowest BCUT2D eigenvalue weighted by atomic mass is 10.3. The van der Waals surface area contributed by atoms with Crippen molar-refractivity contribution in [1.82, 2.24) is 14.8 Å². The molecule has 0 bridgehead atoms. The first-order valence-corrected chi connectivity index (χ1v) is 9.95. The summed E-state index contributed by atoms with van der Waals surface area (Å²) in [4.78, 5) is 19.3. The van der Waals surface area contributed by atoms with Crippen LogP contribution in [0.1, 0.15) is 0 Å². The van der Waals surface area contributed by atoms with E-state index in [2.05, 4.69) is 10.1 Å². The van der Waals surface area contributed by atoms with E-state index in [-0.39, 0.29) is 12.5 Å². The van der Waals surface area contributed by atoms with Gasteiger partial charge in [0.15, 0.2) is 11.7 Å². The number of nitrogens with zero attached hydrogens (tertiary/aromatic N) is 4. The van der Waals surface area contributed by atoms with Gasteiger partial charge in [0.2, 0.25) is 0 Å². The molecule has 8 heteroatoms. The fraction of sp³-hybridized carbons (Fsp3) is 0.190. The maximum Gasteiger partial charge on any atom is 0.266 e. The van der Waals surface area contributed by atoms with Crippen molar-refractivity contribution < 1.29 is 14.3 Å². The Kier molecular flexibility index (Phi) is 5.71. The first kappa shape index (κ1) is 18.9. The predicted molar refractivity (Wildman–Crippen MR) is 113 cm³/mol. The van der Waals surface area contributed by atoms with Crippen LogP contribution in [0.25, 0.3) is 10.2 Å². The van der Waals surface area contributed by atoms with Gasteiger partial charge in [0, 0.05) is 18.9 Å². The Balaban J connectivity index is 1.50. The topological polar surface area (TPSA) is 69.5 Å². The number of para-hydroxylation sites is 1. The molecule has 0 aliphatic heterocycles. The van der Waals surface area contributed by atoms with E-state index >= 15 is 0 Å². The van der Waals surface area contributed by atoms with Gasteiger partial charge in [0.25, 0.3) is 5.91 Å². The molecule has 148 valence electrons. The van der Waals surface area contributed by atoms with Crippen molar-refractivity contribution in [3.8, 4) is 11.5 Å². The molecule has 0 N–H and O–H groups in total. The molecule has 2 aromatic carbocycles. The number of ether oxygens (including phenoxy) is 2. The highest BCUT2D eigenvalue weighted by Crippen LogP contribution is 2.29. The van der Waals surface area contributed by atoms with Crippen molar-refractivity contribution in [3.63, 3.8) is 0 Å². The fourth-order valence-corrected chi connectivity index (χ4v) is 3.84. The number of thiazole rings is 1. The molecule has 29 heavy (non-hydrogen) atoms. The van der Waals surface area contributed by atoms with Gasteiger partial charge in [-0.05, 0) is 42.5 Å². The van der Waals surface area contributed by atoms with E-state index in [1.807, 2.05) is 36.5 Å². The van der Waals surface area contributed by atoms with Crippen LogP contribution >= 0.6 is 11.3 Å². The summed E-state index contributed by atoms with van der Waals surface area (Å²) in [6, 6.07) is 16.8. The van der Waals surface area contributed by atoms with E-state index < -0.39 is 0 Å². The quantitative estimate of drug-likeness (QED) is 0.445. The molecule has 0 radical (unpaired) electrons. The molecule has 4 aromatic rings. The Morgan fingerprint density at radius 1 is 1.10 bits per heavy atom. The van der Waals surface area contributed by atoms with E-state index in [9.17, 15) is 4.79 Å². The van der Waals surface area contributed by atoms with E-state index in [1.54, 1.807) is 47.2 Å². The summed E-state index contributed by atoms with van der Waals surface area (Å²) in [7, 11) is 1.61. The Morgan fingerprint density at radius 2 is 1.90 bits per heavy atom. The summed E-state index contributed by atoms with van der Waals surface area (Å²) in [5.74, 6) is 1.18. The molecule has 4 rings (SSSR count). The zero-order valence-electron chi connectivity index (χ0n) is 15.9. The minimum absolute atomic E-state index is 0.0820. The summed E-state index contributed by atoms with van der Waals surface area (Å²) in [6.45, 7) is 0.935. The molecule has 2 aromatic heterocycles. The number of carbonyl (C=O) groups excluding carboxylic acids is 1. The number of rotatable bonds is 8. The normalized spacial score (nSPS) is 10.8. The monoisotopic (exact) mass is 408 g/mol. The van der Waals surface area contributed by atoms with Gasteiger partial charge in [0.1, 0.15) is 11.5 Å². The second kappa shape index (κ2) is 8.74. The molecule has 0 unspecified atom stereocenters. The third-order valence-corrected chi connectivity index (χ3v) is 5.41. The maximum atomic E-state index is 13.0. The van der Waals surface area contributed by atoms with Gasteiger partial charge >= 0.3 is 0 Å². The Labute approximate surface area is 172 Å². The third-order valence-electron chi connectivity index (χ3n) is 4.35. The Bertz CT molecular complexity index is 1040. The van der Waals surface area contributed by atoms with Gasteiger partial charge in [-0.25, -0.2) is 4.98 Å². The smallest absolute Gasteiger partial charge is 0.266 e. The number of aromatic nitrogens is 3. The molecule has 0 aliphatic rings. The average Bonchev–Trinajstić information content (AvgIpc) is 3.42. The van der Waals surface area contributed by atoms with Crippen molar-refractivity contribution >= 4 is 32.6 Å². The first-order valence-electron chi connectivity index (χ1n) is 9.13. The van der Waals surface area contributed by atoms with E-state index in [4.69, 9.17) is 9.47 Å². The SMILES string of the molecule is COc1ccc(OCC(=O)N(CCn2cccn2)c2nc3ccccc3s2)cc1. The van der Waals surface area contributed by atoms with Crippen molar-refractivity contribution in [2.75, 3.05) is 25.2 Å². The largest absolute Gasteiger partial charge is 0.497 e. The second-order valence-corrected chi connectivity index (χ2v) is 7.25. The van der Waals surface area contributed by atoms with Crippen LogP contribution in [0, 0.1) is 0 Å². The van der Waals surface area contributed by atoms with Crippen molar-refractivity contribution in [1.29, 1.82) is 0 Å². The predicted octanol–water partition coefficient (Wildman–Crippen LogP) is 3.61. The summed E-state index contributed by atoms with van der Waals surface area (Å²) in [6.07, 6.45) is 3.59. The number of hydrogen-bond donors (Lipinski definition) is 0. The van der Waals surface area contributed by atoms with Crippen LogP contribution in [-0.4, -0.2) is 40.9 Å². The van der Waals surface area contributed by atoms with Crippen LogP contribution in [0.3, 0.4) is 0 Å². The van der Waals surface area contributed by atoms with Gasteiger partial charge in [-0.2, -0.15) is 5.10 Å². The average molecular weight is 408 g/mol. The lowest BCUT2D eigenvalue weighted by Gasteiger charge is -2.20. The van der Waals surface area contributed by atoms with Crippen LogP contribution in [-0.2, 0) is 11.3 Å². The van der Waals surface area contributed by atoms with Gasteiger partial charge in [-0.3, -0.25) is 14.4 Å². The van der Waals surface area contributed by atoms with E-state index in [1.165, 1.54) is 11.3 Å². The fourth-order valence-electron chi connectivity index (χ4n) is 2.83. The molecular weight excluding hydrogens is 388 g/mol. The summed E-state index contributed by atoms with van der Waals surface area (Å²) in [5, 5.41) is 4.87. The summed E-state index contributed by atoms with van der Waals surface area (Å²) in [5.41, 5.74) is 0.875. The minimum Gasteiger partial charge on any atom is -0.497 e. The van der Waals surface area contributed by atoms with Gasteiger partial charge in [0.05, 0.1) is 23.9 Å². The van der Waals surface area contributed by atoms with Gasteiger partial charge in [-0.1, -0.05) is 23.5 Å². The zero-order chi connectivity index (χ0) is 20.1. The molecule has 2 heterocycles. The lowest BCUT2D eigenvalue weighted by molar-refractivity contribution is -0.120. The number of benzene rings is 2. The lowest BCUT2D eigenvalue weighted by Crippen LogP contribution is -2.37. The van der Waals surface area contributed by atoms with Crippen LogP contribution in [0.2, 0.25) is 0 Å². The summed E-state index contributed by atoms with van der Waals surface area (Å²) < 4.78 is 13.7. The van der Waals surface area contributed by atoms with Crippen molar-refractivity contribution in [2.45, 2.75) is 6.54 Å². The number of methoxy groups -OCH3 is 1. The maximum absolute atomic E-state index is 13.0. The highest BCUT2D eigenvalue weighted by molar-refractivity contribution is 7.22. The summed E-state index contributed by atoms with van der Waals surface area (Å²) >= 11 is 1.49. The van der Waals surface area contributed by atoms with Crippen LogP contribution in [0.5, 0.6) is 11.5 Å².